The summed E-state index contributed by atoms with van der Waals surface area (Å²) in [5.74, 6) is 1.51. The van der Waals surface area contributed by atoms with Crippen molar-refractivity contribution in [2.24, 2.45) is 11.8 Å². The largest absolute Gasteiger partial charge is 0.316 e. The van der Waals surface area contributed by atoms with Gasteiger partial charge in [-0.2, -0.15) is 0 Å². The molecular formula is C13H14BrClN2. The van der Waals surface area contributed by atoms with Crippen molar-refractivity contribution in [2.75, 3.05) is 13.1 Å². The van der Waals surface area contributed by atoms with E-state index in [-0.39, 0.29) is 0 Å². The number of hydrogen-bond donors (Lipinski definition) is 1. The minimum absolute atomic E-state index is 0.691. The summed E-state index contributed by atoms with van der Waals surface area (Å²) in [4.78, 5) is 4.27. The zero-order valence-corrected chi connectivity index (χ0v) is 11.8. The van der Waals surface area contributed by atoms with Crippen molar-refractivity contribution in [3.63, 3.8) is 0 Å². The molecule has 2 aliphatic rings. The molecule has 2 heterocycles. The van der Waals surface area contributed by atoms with Crippen LogP contribution in [-0.2, 0) is 0 Å². The smallest absolute Gasteiger partial charge is 0.124 e. The second-order valence-corrected chi connectivity index (χ2v) is 5.97. The lowest BCUT2D eigenvalue weighted by Gasteiger charge is -2.25. The van der Waals surface area contributed by atoms with Crippen LogP contribution in [0.15, 0.2) is 22.9 Å². The first-order valence-corrected chi connectivity index (χ1v) is 7.14. The van der Waals surface area contributed by atoms with Gasteiger partial charge in [0.25, 0.3) is 0 Å². The molecule has 90 valence electrons. The molecule has 1 aromatic rings. The van der Waals surface area contributed by atoms with E-state index >= 15 is 0 Å². The van der Waals surface area contributed by atoms with Crippen molar-refractivity contribution in [3.05, 3.63) is 33.5 Å². The molecule has 0 radical (unpaired) electrons. The number of nitrogens with one attached hydrogen (secondary N) is 1. The Kier molecular flexibility index (Phi) is 3.24. The Hall–Kier alpha value is -0.380. The highest BCUT2D eigenvalue weighted by molar-refractivity contribution is 9.10. The first kappa shape index (κ1) is 11.7. The SMILES string of the molecule is Clc1cc(C2=C[C@H]3CCNC[C@H]3C2)cnc1Br. The van der Waals surface area contributed by atoms with E-state index in [0.29, 0.717) is 5.02 Å². The van der Waals surface area contributed by atoms with Crippen LogP contribution in [0.2, 0.25) is 5.02 Å². The van der Waals surface area contributed by atoms with Gasteiger partial charge in [-0.25, -0.2) is 4.98 Å². The molecule has 0 bridgehead atoms. The fraction of sp³-hybridized carbons (Fsp3) is 0.462. The Morgan fingerprint density at radius 2 is 2.35 bits per heavy atom. The van der Waals surface area contributed by atoms with E-state index in [1.165, 1.54) is 17.6 Å². The molecule has 0 aromatic carbocycles. The van der Waals surface area contributed by atoms with Crippen LogP contribution in [0.4, 0.5) is 0 Å². The number of rotatable bonds is 1. The van der Waals surface area contributed by atoms with Crippen molar-refractivity contribution in [1.29, 1.82) is 0 Å². The van der Waals surface area contributed by atoms with Gasteiger partial charge in [-0.15, -0.1) is 0 Å². The molecule has 1 saturated heterocycles. The summed E-state index contributed by atoms with van der Waals surface area (Å²) in [7, 11) is 0. The lowest BCUT2D eigenvalue weighted by Crippen LogP contribution is -2.33. The first-order chi connectivity index (χ1) is 8.24. The maximum Gasteiger partial charge on any atom is 0.124 e. The summed E-state index contributed by atoms with van der Waals surface area (Å²) in [6.07, 6.45) is 6.74. The van der Waals surface area contributed by atoms with E-state index in [1.807, 2.05) is 12.3 Å². The maximum atomic E-state index is 6.10. The van der Waals surface area contributed by atoms with E-state index < -0.39 is 0 Å². The Labute approximate surface area is 115 Å². The topological polar surface area (TPSA) is 24.9 Å². The van der Waals surface area contributed by atoms with Crippen LogP contribution in [0.25, 0.3) is 5.57 Å². The number of halogens is 2. The minimum atomic E-state index is 0.691. The van der Waals surface area contributed by atoms with Crippen molar-refractivity contribution >= 4 is 33.1 Å². The average Bonchev–Trinajstić information content (AvgIpc) is 2.76. The van der Waals surface area contributed by atoms with Gasteiger partial charge in [-0.05, 0) is 70.9 Å². The average molecular weight is 314 g/mol. The molecule has 1 aliphatic carbocycles. The van der Waals surface area contributed by atoms with E-state index in [4.69, 9.17) is 11.6 Å². The highest BCUT2D eigenvalue weighted by Crippen LogP contribution is 2.39. The molecule has 1 aliphatic heterocycles. The van der Waals surface area contributed by atoms with E-state index in [0.717, 1.165) is 35.9 Å². The fourth-order valence-electron chi connectivity index (χ4n) is 2.81. The number of nitrogens with zero attached hydrogens (tertiary/aromatic N) is 1. The van der Waals surface area contributed by atoms with Crippen LogP contribution in [0, 0.1) is 11.8 Å². The molecule has 4 heteroatoms. The molecule has 1 fully saturated rings. The Morgan fingerprint density at radius 1 is 1.47 bits per heavy atom. The molecule has 1 aromatic heterocycles. The van der Waals surface area contributed by atoms with Crippen LogP contribution in [0.5, 0.6) is 0 Å². The standard InChI is InChI=1S/C13H14BrClN2/c14-13-12(15)5-11(7-17-13)9-3-8-1-2-16-6-10(8)4-9/h3,5,7-8,10,16H,1-2,4,6H2/t8-,10-/m1/s1. The third-order valence-corrected chi connectivity index (χ3v) is 4.88. The molecule has 0 spiro atoms. The van der Waals surface area contributed by atoms with Crippen LogP contribution in [0.3, 0.4) is 0 Å². The molecule has 0 amide bonds. The minimum Gasteiger partial charge on any atom is -0.316 e. The number of pyridine rings is 1. The maximum absolute atomic E-state index is 6.10. The number of piperidine rings is 1. The van der Waals surface area contributed by atoms with Gasteiger partial charge in [-0.1, -0.05) is 17.7 Å². The molecule has 0 unspecified atom stereocenters. The first-order valence-electron chi connectivity index (χ1n) is 5.97. The van der Waals surface area contributed by atoms with Crippen LogP contribution >= 0.6 is 27.5 Å². The van der Waals surface area contributed by atoms with Gasteiger partial charge in [0.15, 0.2) is 0 Å². The van der Waals surface area contributed by atoms with Gasteiger partial charge in [0, 0.05) is 6.20 Å². The Bertz CT molecular complexity index is 472. The van der Waals surface area contributed by atoms with Crippen LogP contribution < -0.4 is 5.32 Å². The quantitative estimate of drug-likeness (QED) is 0.803. The summed E-state index contributed by atoms with van der Waals surface area (Å²) < 4.78 is 0.723. The predicted octanol–water partition coefficient (Wildman–Crippen LogP) is 3.51. The summed E-state index contributed by atoms with van der Waals surface area (Å²) >= 11 is 9.42. The van der Waals surface area contributed by atoms with Crippen LogP contribution in [0.1, 0.15) is 18.4 Å². The second kappa shape index (κ2) is 4.71. The molecule has 17 heavy (non-hydrogen) atoms. The molecule has 2 atom stereocenters. The highest BCUT2D eigenvalue weighted by Gasteiger charge is 2.30. The summed E-state index contributed by atoms with van der Waals surface area (Å²) in [6, 6.07) is 2.01. The number of hydrogen-bond acceptors (Lipinski definition) is 2. The van der Waals surface area contributed by atoms with Gasteiger partial charge in [0.1, 0.15) is 4.60 Å². The van der Waals surface area contributed by atoms with Gasteiger partial charge in [0.2, 0.25) is 0 Å². The molecule has 2 nitrogen and oxygen atoms in total. The van der Waals surface area contributed by atoms with E-state index in [2.05, 4.69) is 32.3 Å². The zero-order chi connectivity index (χ0) is 11.8. The summed E-state index contributed by atoms with van der Waals surface area (Å²) in [5, 5.41) is 4.16. The van der Waals surface area contributed by atoms with Gasteiger partial charge < -0.3 is 5.32 Å². The third kappa shape index (κ3) is 2.28. The van der Waals surface area contributed by atoms with Gasteiger partial charge in [-0.3, -0.25) is 0 Å². The summed E-state index contributed by atoms with van der Waals surface area (Å²) in [5.41, 5.74) is 2.58. The Morgan fingerprint density at radius 3 is 3.12 bits per heavy atom. The third-order valence-electron chi connectivity index (χ3n) is 3.73. The molecular weight excluding hydrogens is 300 g/mol. The Balaban J connectivity index is 1.87. The molecule has 1 N–H and O–H groups in total. The second-order valence-electron chi connectivity index (χ2n) is 4.81. The lowest BCUT2D eigenvalue weighted by atomic mass is 9.89. The van der Waals surface area contributed by atoms with Gasteiger partial charge >= 0.3 is 0 Å². The predicted molar refractivity (Wildman–Crippen MR) is 74.0 cm³/mol. The van der Waals surface area contributed by atoms with Crippen molar-refractivity contribution in [1.82, 2.24) is 10.3 Å². The normalized spacial score (nSPS) is 27.8. The van der Waals surface area contributed by atoms with E-state index in [9.17, 15) is 0 Å². The monoisotopic (exact) mass is 312 g/mol. The number of allylic oxidation sites excluding steroid dienone is 2. The number of aromatic nitrogens is 1. The lowest BCUT2D eigenvalue weighted by molar-refractivity contribution is 0.324. The zero-order valence-electron chi connectivity index (χ0n) is 9.42. The van der Waals surface area contributed by atoms with Crippen molar-refractivity contribution < 1.29 is 0 Å². The molecule has 3 rings (SSSR count). The molecule has 0 saturated carbocycles. The van der Waals surface area contributed by atoms with Gasteiger partial charge in [0.05, 0.1) is 5.02 Å². The summed E-state index contributed by atoms with van der Waals surface area (Å²) in [6.45, 7) is 2.28. The number of fused-ring (bicyclic) bond motifs is 1. The highest BCUT2D eigenvalue weighted by atomic mass is 79.9. The fourth-order valence-corrected chi connectivity index (χ4v) is 3.19. The van der Waals surface area contributed by atoms with Crippen LogP contribution in [-0.4, -0.2) is 18.1 Å². The van der Waals surface area contributed by atoms with E-state index in [1.54, 1.807) is 0 Å². The van der Waals surface area contributed by atoms with Crippen molar-refractivity contribution in [2.45, 2.75) is 12.8 Å². The van der Waals surface area contributed by atoms with Crippen molar-refractivity contribution in [3.8, 4) is 0 Å².